The Balaban J connectivity index is 2.87. The van der Waals surface area contributed by atoms with Gasteiger partial charge in [0, 0.05) is 6.42 Å². The SMILES string of the molecule is C#CC[C@@H](O)c1ccc(C(C)(C)C)cc1. The molecule has 1 aromatic carbocycles. The highest BCUT2D eigenvalue weighted by Gasteiger charge is 2.14. The smallest absolute Gasteiger partial charge is 0.0899 e. The summed E-state index contributed by atoms with van der Waals surface area (Å²) in [5.74, 6) is 2.46. The summed E-state index contributed by atoms with van der Waals surface area (Å²) in [6.45, 7) is 6.50. The zero-order valence-corrected chi connectivity index (χ0v) is 9.62. The average molecular weight is 202 g/mol. The van der Waals surface area contributed by atoms with Crippen LogP contribution >= 0.6 is 0 Å². The Morgan fingerprint density at radius 3 is 2.20 bits per heavy atom. The number of hydrogen-bond acceptors (Lipinski definition) is 1. The second kappa shape index (κ2) is 4.51. The quantitative estimate of drug-likeness (QED) is 0.731. The Bertz CT molecular complexity index is 348. The maximum Gasteiger partial charge on any atom is 0.0899 e. The molecule has 80 valence electrons. The Kier molecular flexibility index (Phi) is 3.55. The van der Waals surface area contributed by atoms with E-state index < -0.39 is 6.10 Å². The largest absolute Gasteiger partial charge is 0.387 e. The van der Waals surface area contributed by atoms with Gasteiger partial charge < -0.3 is 5.11 Å². The van der Waals surface area contributed by atoms with Crippen LogP contribution in [0.1, 0.15) is 44.4 Å². The first kappa shape index (κ1) is 11.8. The minimum Gasteiger partial charge on any atom is -0.387 e. The van der Waals surface area contributed by atoms with Crippen molar-refractivity contribution in [3.8, 4) is 12.3 Å². The Labute approximate surface area is 92.1 Å². The number of hydrogen-bond donors (Lipinski definition) is 1. The number of terminal acetylenes is 1. The fourth-order valence-electron chi connectivity index (χ4n) is 1.43. The summed E-state index contributed by atoms with van der Waals surface area (Å²) < 4.78 is 0. The normalized spacial score (nSPS) is 13.3. The molecule has 1 rings (SSSR count). The summed E-state index contributed by atoms with van der Waals surface area (Å²) in [5.41, 5.74) is 2.30. The minimum absolute atomic E-state index is 0.148. The van der Waals surface area contributed by atoms with E-state index in [1.165, 1.54) is 5.56 Å². The maximum absolute atomic E-state index is 9.67. The number of aliphatic hydroxyl groups excluding tert-OH is 1. The van der Waals surface area contributed by atoms with Gasteiger partial charge in [-0.2, -0.15) is 0 Å². The topological polar surface area (TPSA) is 20.2 Å². The molecule has 0 unspecified atom stereocenters. The molecule has 1 N–H and O–H groups in total. The Morgan fingerprint density at radius 1 is 1.27 bits per heavy atom. The molecule has 0 aliphatic heterocycles. The fourth-order valence-corrected chi connectivity index (χ4v) is 1.43. The zero-order chi connectivity index (χ0) is 11.5. The van der Waals surface area contributed by atoms with Gasteiger partial charge in [-0.25, -0.2) is 0 Å². The average Bonchev–Trinajstić information content (AvgIpc) is 2.17. The molecule has 0 radical (unpaired) electrons. The molecule has 1 aromatic rings. The fraction of sp³-hybridized carbons (Fsp3) is 0.429. The van der Waals surface area contributed by atoms with E-state index in [-0.39, 0.29) is 5.41 Å². The summed E-state index contributed by atoms with van der Waals surface area (Å²) in [5, 5.41) is 9.67. The van der Waals surface area contributed by atoms with Crippen LogP contribution in [0.3, 0.4) is 0 Å². The number of aliphatic hydroxyl groups is 1. The second-order valence-electron chi connectivity index (χ2n) is 4.80. The standard InChI is InChI=1S/C14H18O/c1-5-6-13(15)11-7-9-12(10-8-11)14(2,3)4/h1,7-10,13,15H,6H2,2-4H3/t13-/m1/s1. The van der Waals surface area contributed by atoms with Crippen molar-refractivity contribution in [3.05, 3.63) is 35.4 Å². The highest BCUT2D eigenvalue weighted by atomic mass is 16.3. The monoisotopic (exact) mass is 202 g/mol. The Morgan fingerprint density at radius 2 is 1.80 bits per heavy atom. The van der Waals surface area contributed by atoms with Crippen LogP contribution in [-0.4, -0.2) is 5.11 Å². The second-order valence-corrected chi connectivity index (χ2v) is 4.80. The van der Waals surface area contributed by atoms with Gasteiger partial charge in [0.2, 0.25) is 0 Å². The van der Waals surface area contributed by atoms with E-state index in [4.69, 9.17) is 6.42 Å². The van der Waals surface area contributed by atoms with Crippen molar-refractivity contribution in [3.63, 3.8) is 0 Å². The lowest BCUT2D eigenvalue weighted by Gasteiger charge is -2.19. The highest BCUT2D eigenvalue weighted by Crippen LogP contribution is 2.24. The third kappa shape index (κ3) is 3.11. The molecular formula is C14H18O. The highest BCUT2D eigenvalue weighted by molar-refractivity contribution is 5.29. The molecular weight excluding hydrogens is 184 g/mol. The first-order valence-corrected chi connectivity index (χ1v) is 5.17. The van der Waals surface area contributed by atoms with Crippen molar-refractivity contribution < 1.29 is 5.11 Å². The lowest BCUT2D eigenvalue weighted by molar-refractivity contribution is 0.184. The molecule has 1 nitrogen and oxygen atoms in total. The summed E-state index contributed by atoms with van der Waals surface area (Å²) in [6, 6.07) is 8.00. The molecule has 15 heavy (non-hydrogen) atoms. The van der Waals surface area contributed by atoms with Crippen LogP contribution < -0.4 is 0 Å². The van der Waals surface area contributed by atoms with Crippen molar-refractivity contribution in [1.82, 2.24) is 0 Å². The molecule has 1 heteroatoms. The molecule has 0 aliphatic rings. The summed E-state index contributed by atoms with van der Waals surface area (Å²) >= 11 is 0. The molecule has 0 aromatic heterocycles. The van der Waals surface area contributed by atoms with E-state index >= 15 is 0 Å². The van der Waals surface area contributed by atoms with Crippen LogP contribution in [0.15, 0.2) is 24.3 Å². The van der Waals surface area contributed by atoms with Gasteiger partial charge in [0.05, 0.1) is 6.10 Å². The van der Waals surface area contributed by atoms with E-state index in [0.29, 0.717) is 6.42 Å². The summed E-state index contributed by atoms with van der Waals surface area (Å²) in [4.78, 5) is 0. The third-order valence-corrected chi connectivity index (χ3v) is 2.47. The van der Waals surface area contributed by atoms with Crippen molar-refractivity contribution in [2.24, 2.45) is 0 Å². The van der Waals surface area contributed by atoms with Crippen LogP contribution in [0.5, 0.6) is 0 Å². The first-order valence-electron chi connectivity index (χ1n) is 5.17. The van der Waals surface area contributed by atoms with Gasteiger partial charge in [-0.15, -0.1) is 12.3 Å². The summed E-state index contributed by atoms with van der Waals surface area (Å²) in [7, 11) is 0. The number of rotatable bonds is 2. The predicted octanol–water partition coefficient (Wildman–Crippen LogP) is 3.04. The zero-order valence-electron chi connectivity index (χ0n) is 9.62. The minimum atomic E-state index is -0.538. The van der Waals surface area contributed by atoms with Gasteiger partial charge in [-0.3, -0.25) is 0 Å². The molecule has 0 bridgehead atoms. The molecule has 0 heterocycles. The van der Waals surface area contributed by atoms with Crippen LogP contribution in [-0.2, 0) is 5.41 Å². The summed E-state index contributed by atoms with van der Waals surface area (Å²) in [6.07, 6.45) is 4.99. The van der Waals surface area contributed by atoms with Gasteiger partial charge >= 0.3 is 0 Å². The van der Waals surface area contributed by atoms with E-state index in [1.807, 2.05) is 12.1 Å². The van der Waals surface area contributed by atoms with Gasteiger partial charge in [0.1, 0.15) is 0 Å². The number of benzene rings is 1. The van der Waals surface area contributed by atoms with Crippen molar-refractivity contribution in [2.75, 3.05) is 0 Å². The van der Waals surface area contributed by atoms with Crippen molar-refractivity contribution >= 4 is 0 Å². The van der Waals surface area contributed by atoms with E-state index in [2.05, 4.69) is 38.8 Å². The van der Waals surface area contributed by atoms with Gasteiger partial charge in [0.15, 0.2) is 0 Å². The third-order valence-electron chi connectivity index (χ3n) is 2.47. The van der Waals surface area contributed by atoms with E-state index in [0.717, 1.165) is 5.56 Å². The maximum atomic E-state index is 9.67. The first-order chi connectivity index (χ1) is 6.95. The predicted molar refractivity (Wildman–Crippen MR) is 63.6 cm³/mol. The molecule has 0 saturated heterocycles. The van der Waals surface area contributed by atoms with Crippen LogP contribution in [0.25, 0.3) is 0 Å². The lowest BCUT2D eigenvalue weighted by atomic mass is 9.86. The van der Waals surface area contributed by atoms with E-state index in [1.54, 1.807) is 0 Å². The van der Waals surface area contributed by atoms with Gasteiger partial charge in [-0.1, -0.05) is 45.0 Å². The molecule has 1 atom stereocenters. The molecule has 0 saturated carbocycles. The Hall–Kier alpha value is -1.26. The lowest BCUT2D eigenvalue weighted by Crippen LogP contribution is -2.11. The van der Waals surface area contributed by atoms with Gasteiger partial charge in [-0.05, 0) is 16.5 Å². The van der Waals surface area contributed by atoms with Crippen LogP contribution in [0.4, 0.5) is 0 Å². The molecule has 0 amide bonds. The van der Waals surface area contributed by atoms with Crippen molar-refractivity contribution in [2.45, 2.75) is 38.7 Å². The molecule has 0 spiro atoms. The molecule has 0 aliphatic carbocycles. The molecule has 0 fully saturated rings. The van der Waals surface area contributed by atoms with Crippen LogP contribution in [0.2, 0.25) is 0 Å². The van der Waals surface area contributed by atoms with Crippen LogP contribution in [0, 0.1) is 12.3 Å². The van der Waals surface area contributed by atoms with E-state index in [9.17, 15) is 5.11 Å². The van der Waals surface area contributed by atoms with Gasteiger partial charge in [0.25, 0.3) is 0 Å². The van der Waals surface area contributed by atoms with Crippen molar-refractivity contribution in [1.29, 1.82) is 0 Å².